The zero-order chi connectivity index (χ0) is 13.3. The molecule has 0 saturated heterocycles. The summed E-state index contributed by atoms with van der Waals surface area (Å²) in [5.41, 5.74) is -0.533. The lowest BCUT2D eigenvalue weighted by Crippen LogP contribution is -2.50. The Bertz CT molecular complexity index is 221. The number of methoxy groups -OCH3 is 1. The molecule has 0 fully saturated rings. The van der Waals surface area contributed by atoms with Gasteiger partial charge in [-0.25, -0.2) is 0 Å². The molecule has 4 heteroatoms. The summed E-state index contributed by atoms with van der Waals surface area (Å²) in [4.78, 5) is 11.8. The Labute approximate surface area is 110 Å². The molecular formula is C13H27NO2S. The Morgan fingerprint density at radius 3 is 2.59 bits per heavy atom. The fourth-order valence-electron chi connectivity index (χ4n) is 1.48. The minimum atomic E-state index is -0.533. The van der Waals surface area contributed by atoms with Crippen molar-refractivity contribution in [3.63, 3.8) is 0 Å². The Morgan fingerprint density at radius 2 is 2.12 bits per heavy atom. The molecular weight excluding hydrogens is 234 g/mol. The van der Waals surface area contributed by atoms with Crippen molar-refractivity contribution >= 4 is 17.7 Å². The molecule has 17 heavy (non-hydrogen) atoms. The predicted molar refractivity (Wildman–Crippen MR) is 75.5 cm³/mol. The SMILES string of the molecule is CCCNC(C)(CCSCC(C)C)C(=O)OC. The smallest absolute Gasteiger partial charge is 0.325 e. The largest absolute Gasteiger partial charge is 0.468 e. The summed E-state index contributed by atoms with van der Waals surface area (Å²) < 4.78 is 4.88. The van der Waals surface area contributed by atoms with Crippen LogP contribution in [0.1, 0.15) is 40.5 Å². The summed E-state index contributed by atoms with van der Waals surface area (Å²) in [5.74, 6) is 2.68. The van der Waals surface area contributed by atoms with Crippen molar-refractivity contribution in [2.24, 2.45) is 5.92 Å². The molecule has 0 radical (unpaired) electrons. The van der Waals surface area contributed by atoms with Crippen molar-refractivity contribution in [3.05, 3.63) is 0 Å². The molecule has 1 unspecified atom stereocenters. The Morgan fingerprint density at radius 1 is 1.47 bits per heavy atom. The average molecular weight is 261 g/mol. The van der Waals surface area contributed by atoms with E-state index >= 15 is 0 Å². The predicted octanol–water partition coefficient (Wildman–Crippen LogP) is 2.70. The maximum absolute atomic E-state index is 11.8. The number of carbonyl (C=O) groups is 1. The Hall–Kier alpha value is -0.220. The second-order valence-electron chi connectivity index (χ2n) is 4.97. The normalized spacial score (nSPS) is 14.7. The van der Waals surface area contributed by atoms with Gasteiger partial charge in [-0.05, 0) is 43.7 Å². The first kappa shape index (κ1) is 16.8. The third-order valence-electron chi connectivity index (χ3n) is 2.60. The van der Waals surface area contributed by atoms with E-state index in [4.69, 9.17) is 4.74 Å². The Balaban J connectivity index is 4.14. The van der Waals surface area contributed by atoms with E-state index in [9.17, 15) is 4.79 Å². The second-order valence-corrected chi connectivity index (χ2v) is 6.12. The van der Waals surface area contributed by atoms with E-state index in [1.165, 1.54) is 7.11 Å². The van der Waals surface area contributed by atoms with Gasteiger partial charge in [-0.15, -0.1) is 0 Å². The molecule has 3 nitrogen and oxygen atoms in total. The van der Waals surface area contributed by atoms with E-state index in [2.05, 4.69) is 26.1 Å². The number of hydrogen-bond acceptors (Lipinski definition) is 4. The van der Waals surface area contributed by atoms with E-state index in [0.717, 1.165) is 30.9 Å². The molecule has 0 bridgehead atoms. The fourth-order valence-corrected chi connectivity index (χ4v) is 2.67. The zero-order valence-electron chi connectivity index (χ0n) is 11.8. The number of ether oxygens (including phenoxy) is 1. The molecule has 1 N–H and O–H groups in total. The third kappa shape index (κ3) is 6.94. The first-order chi connectivity index (χ1) is 7.96. The number of thioether (sulfide) groups is 1. The van der Waals surface area contributed by atoms with Crippen LogP contribution in [0.4, 0.5) is 0 Å². The zero-order valence-corrected chi connectivity index (χ0v) is 12.7. The molecule has 0 aromatic rings. The molecule has 1 atom stereocenters. The quantitative estimate of drug-likeness (QED) is 0.511. The van der Waals surface area contributed by atoms with Gasteiger partial charge in [-0.3, -0.25) is 4.79 Å². The topological polar surface area (TPSA) is 38.3 Å². The van der Waals surface area contributed by atoms with Crippen LogP contribution in [0, 0.1) is 5.92 Å². The lowest BCUT2D eigenvalue weighted by molar-refractivity contribution is -0.148. The van der Waals surface area contributed by atoms with Gasteiger partial charge in [0.05, 0.1) is 7.11 Å². The average Bonchev–Trinajstić information content (AvgIpc) is 2.30. The maximum Gasteiger partial charge on any atom is 0.325 e. The van der Waals surface area contributed by atoms with Gasteiger partial charge in [-0.2, -0.15) is 11.8 Å². The minimum absolute atomic E-state index is 0.156. The molecule has 0 spiro atoms. The van der Waals surface area contributed by atoms with Crippen molar-refractivity contribution in [2.75, 3.05) is 25.2 Å². The van der Waals surface area contributed by atoms with Gasteiger partial charge < -0.3 is 10.1 Å². The Kier molecular flexibility index (Phi) is 8.70. The van der Waals surface area contributed by atoms with Crippen molar-refractivity contribution in [3.8, 4) is 0 Å². The van der Waals surface area contributed by atoms with Gasteiger partial charge in [0.1, 0.15) is 5.54 Å². The highest BCUT2D eigenvalue weighted by Crippen LogP contribution is 2.17. The van der Waals surface area contributed by atoms with E-state index < -0.39 is 5.54 Å². The lowest BCUT2D eigenvalue weighted by Gasteiger charge is -2.28. The van der Waals surface area contributed by atoms with Gasteiger partial charge in [0.2, 0.25) is 0 Å². The van der Waals surface area contributed by atoms with E-state index in [1.54, 1.807) is 0 Å². The summed E-state index contributed by atoms with van der Waals surface area (Å²) >= 11 is 1.90. The van der Waals surface area contributed by atoms with Gasteiger partial charge >= 0.3 is 5.97 Å². The number of nitrogens with one attached hydrogen (secondary N) is 1. The number of rotatable bonds is 9. The van der Waals surface area contributed by atoms with Gasteiger partial charge in [0.15, 0.2) is 0 Å². The standard InChI is InChI=1S/C13H27NO2S/c1-6-8-14-13(4,12(15)16-5)7-9-17-10-11(2)3/h11,14H,6-10H2,1-5H3. The van der Waals surface area contributed by atoms with Crippen LogP contribution in [-0.4, -0.2) is 36.7 Å². The highest BCUT2D eigenvalue weighted by Gasteiger charge is 2.32. The molecule has 0 aromatic heterocycles. The summed E-state index contributed by atoms with van der Waals surface area (Å²) in [6.07, 6.45) is 1.84. The first-order valence-corrected chi connectivity index (χ1v) is 7.53. The number of esters is 1. The van der Waals surface area contributed by atoms with Crippen LogP contribution < -0.4 is 5.32 Å². The first-order valence-electron chi connectivity index (χ1n) is 6.37. The molecule has 0 aliphatic heterocycles. The summed E-state index contributed by atoms with van der Waals surface area (Å²) in [5, 5.41) is 3.30. The highest BCUT2D eigenvalue weighted by molar-refractivity contribution is 7.99. The van der Waals surface area contributed by atoms with E-state index in [-0.39, 0.29) is 5.97 Å². The molecule has 0 aromatic carbocycles. The second kappa shape index (κ2) is 8.81. The lowest BCUT2D eigenvalue weighted by atomic mass is 9.99. The fraction of sp³-hybridized carbons (Fsp3) is 0.923. The summed E-state index contributed by atoms with van der Waals surface area (Å²) in [7, 11) is 1.45. The van der Waals surface area contributed by atoms with Crippen molar-refractivity contribution < 1.29 is 9.53 Å². The molecule has 0 aliphatic rings. The molecule has 0 saturated carbocycles. The van der Waals surface area contributed by atoms with Gasteiger partial charge in [0, 0.05) is 0 Å². The maximum atomic E-state index is 11.8. The summed E-state index contributed by atoms with van der Waals surface area (Å²) in [6, 6.07) is 0. The minimum Gasteiger partial charge on any atom is -0.468 e. The molecule has 0 rings (SSSR count). The molecule has 0 aliphatic carbocycles. The molecule has 0 amide bonds. The summed E-state index contributed by atoms with van der Waals surface area (Å²) in [6.45, 7) is 9.30. The molecule has 102 valence electrons. The van der Waals surface area contributed by atoms with Crippen LogP contribution in [-0.2, 0) is 9.53 Å². The number of hydrogen-bond donors (Lipinski definition) is 1. The van der Waals surface area contributed by atoms with Gasteiger partial charge in [0.25, 0.3) is 0 Å². The monoisotopic (exact) mass is 261 g/mol. The number of carbonyl (C=O) groups excluding carboxylic acids is 1. The van der Waals surface area contributed by atoms with Crippen LogP contribution in [0.3, 0.4) is 0 Å². The van der Waals surface area contributed by atoms with Crippen LogP contribution >= 0.6 is 11.8 Å². The van der Waals surface area contributed by atoms with Crippen molar-refractivity contribution in [1.82, 2.24) is 5.32 Å². The van der Waals surface area contributed by atoms with E-state index in [1.807, 2.05) is 18.7 Å². The van der Waals surface area contributed by atoms with Crippen molar-refractivity contribution in [2.45, 2.75) is 46.1 Å². The van der Waals surface area contributed by atoms with Crippen LogP contribution in [0.15, 0.2) is 0 Å². The third-order valence-corrected chi connectivity index (χ3v) is 3.99. The van der Waals surface area contributed by atoms with Crippen LogP contribution in [0.2, 0.25) is 0 Å². The molecule has 0 heterocycles. The van der Waals surface area contributed by atoms with E-state index in [0.29, 0.717) is 5.92 Å². The van der Waals surface area contributed by atoms with Crippen molar-refractivity contribution in [1.29, 1.82) is 0 Å². The van der Waals surface area contributed by atoms with Crippen LogP contribution in [0.25, 0.3) is 0 Å². The van der Waals surface area contributed by atoms with Gasteiger partial charge in [-0.1, -0.05) is 20.8 Å². The highest BCUT2D eigenvalue weighted by atomic mass is 32.2. The van der Waals surface area contributed by atoms with Crippen LogP contribution in [0.5, 0.6) is 0 Å².